The Labute approximate surface area is 68.1 Å². The summed E-state index contributed by atoms with van der Waals surface area (Å²) < 4.78 is 1.21. The third-order valence-electron chi connectivity index (χ3n) is 1.38. The molecule has 1 aromatic heterocycles. The highest BCUT2D eigenvalue weighted by molar-refractivity contribution is 5.96. The van der Waals surface area contributed by atoms with Crippen molar-refractivity contribution in [1.29, 1.82) is 0 Å². The summed E-state index contributed by atoms with van der Waals surface area (Å²) in [4.78, 5) is 21.3. The van der Waals surface area contributed by atoms with Gasteiger partial charge in [-0.15, -0.1) is 0 Å². The number of primary amides is 2. The van der Waals surface area contributed by atoms with Gasteiger partial charge in [0, 0.05) is 13.1 Å². The van der Waals surface area contributed by atoms with Crippen molar-refractivity contribution in [2.24, 2.45) is 18.5 Å². The second-order valence-corrected chi connectivity index (χ2v) is 2.27. The summed E-state index contributed by atoms with van der Waals surface area (Å²) in [5.74, 6) is -1.32. The molecule has 0 bridgehead atoms. The SMILES string of the molecule is Cn1nc(C(N)=O)cc1C(N)=O. The van der Waals surface area contributed by atoms with Gasteiger partial charge in [-0.2, -0.15) is 5.10 Å². The zero-order valence-electron chi connectivity index (χ0n) is 6.44. The fourth-order valence-corrected chi connectivity index (χ4v) is 0.818. The van der Waals surface area contributed by atoms with Crippen LogP contribution in [0.1, 0.15) is 21.0 Å². The number of hydrogen-bond donors (Lipinski definition) is 2. The van der Waals surface area contributed by atoms with Crippen LogP contribution in [-0.2, 0) is 7.05 Å². The minimum atomic E-state index is -0.682. The van der Waals surface area contributed by atoms with E-state index >= 15 is 0 Å². The molecule has 0 spiro atoms. The van der Waals surface area contributed by atoms with E-state index in [0.717, 1.165) is 0 Å². The number of carbonyl (C=O) groups excluding carboxylic acids is 2. The van der Waals surface area contributed by atoms with Gasteiger partial charge in [-0.25, -0.2) is 0 Å². The van der Waals surface area contributed by atoms with Crippen LogP contribution in [0.15, 0.2) is 6.07 Å². The Bertz CT molecular complexity index is 341. The predicted molar refractivity (Wildman–Crippen MR) is 40.2 cm³/mol. The molecule has 0 aliphatic carbocycles. The largest absolute Gasteiger partial charge is 0.364 e. The van der Waals surface area contributed by atoms with E-state index < -0.39 is 11.8 Å². The fourth-order valence-electron chi connectivity index (χ4n) is 0.818. The zero-order chi connectivity index (χ0) is 9.30. The maximum Gasteiger partial charge on any atom is 0.269 e. The van der Waals surface area contributed by atoms with E-state index in [4.69, 9.17) is 11.5 Å². The number of aryl methyl sites for hydroxylation is 1. The fraction of sp³-hybridized carbons (Fsp3) is 0.167. The lowest BCUT2D eigenvalue weighted by Crippen LogP contribution is -2.15. The molecule has 12 heavy (non-hydrogen) atoms. The molecule has 64 valence electrons. The number of nitrogens with two attached hydrogens (primary N) is 2. The average molecular weight is 168 g/mol. The van der Waals surface area contributed by atoms with Gasteiger partial charge in [-0.1, -0.05) is 0 Å². The van der Waals surface area contributed by atoms with Gasteiger partial charge >= 0.3 is 0 Å². The molecule has 0 saturated heterocycles. The Balaban J connectivity index is 3.17. The number of amides is 2. The molecule has 0 aromatic carbocycles. The molecule has 0 unspecified atom stereocenters. The van der Waals surface area contributed by atoms with Gasteiger partial charge in [0.2, 0.25) is 0 Å². The second-order valence-electron chi connectivity index (χ2n) is 2.27. The minimum Gasteiger partial charge on any atom is -0.364 e. The van der Waals surface area contributed by atoms with Gasteiger partial charge in [0.05, 0.1) is 0 Å². The standard InChI is InChI=1S/C6H8N4O2/c1-10-4(6(8)12)2-3(9-10)5(7)11/h2H,1H3,(H2,7,11)(H2,8,12). The maximum absolute atomic E-state index is 10.7. The first-order valence-corrected chi connectivity index (χ1v) is 3.16. The highest BCUT2D eigenvalue weighted by Crippen LogP contribution is 2.00. The van der Waals surface area contributed by atoms with Crippen LogP contribution in [0, 0.1) is 0 Å². The third kappa shape index (κ3) is 1.26. The van der Waals surface area contributed by atoms with Crippen molar-refractivity contribution in [3.63, 3.8) is 0 Å². The molecule has 1 heterocycles. The lowest BCUT2D eigenvalue weighted by molar-refractivity contribution is 0.0985. The Morgan fingerprint density at radius 1 is 1.42 bits per heavy atom. The first-order valence-electron chi connectivity index (χ1n) is 3.16. The van der Waals surface area contributed by atoms with E-state index in [-0.39, 0.29) is 11.4 Å². The predicted octanol–water partition coefficient (Wildman–Crippen LogP) is -1.38. The number of carbonyl (C=O) groups is 2. The van der Waals surface area contributed by atoms with Gasteiger partial charge in [-0.3, -0.25) is 14.3 Å². The number of aromatic nitrogens is 2. The summed E-state index contributed by atoms with van der Waals surface area (Å²) in [7, 11) is 1.51. The summed E-state index contributed by atoms with van der Waals surface area (Å²) in [5.41, 5.74) is 10.1. The van der Waals surface area contributed by atoms with E-state index in [1.54, 1.807) is 0 Å². The van der Waals surface area contributed by atoms with Gasteiger partial charge in [0.25, 0.3) is 11.8 Å². The average Bonchev–Trinajstić information content (AvgIpc) is 2.30. The first kappa shape index (κ1) is 8.25. The zero-order valence-corrected chi connectivity index (χ0v) is 6.44. The molecule has 0 fully saturated rings. The van der Waals surface area contributed by atoms with Crippen molar-refractivity contribution < 1.29 is 9.59 Å². The van der Waals surface area contributed by atoms with Crippen LogP contribution in [0.3, 0.4) is 0 Å². The van der Waals surface area contributed by atoms with Crippen molar-refractivity contribution in [3.05, 3.63) is 17.5 Å². The van der Waals surface area contributed by atoms with Crippen LogP contribution in [0.5, 0.6) is 0 Å². The topological polar surface area (TPSA) is 104 Å². The van der Waals surface area contributed by atoms with E-state index in [1.165, 1.54) is 17.8 Å². The normalized spacial score (nSPS) is 9.75. The van der Waals surface area contributed by atoms with Crippen LogP contribution in [-0.4, -0.2) is 21.6 Å². The minimum absolute atomic E-state index is 0.0336. The molecule has 0 aliphatic heterocycles. The van der Waals surface area contributed by atoms with Crippen LogP contribution in [0.25, 0.3) is 0 Å². The monoisotopic (exact) mass is 168 g/mol. The van der Waals surface area contributed by atoms with Crippen molar-refractivity contribution >= 4 is 11.8 Å². The van der Waals surface area contributed by atoms with Gasteiger partial charge in [0.1, 0.15) is 5.69 Å². The molecular formula is C6H8N4O2. The molecule has 1 rings (SSSR count). The maximum atomic E-state index is 10.7. The lowest BCUT2D eigenvalue weighted by Gasteiger charge is -1.92. The summed E-state index contributed by atoms with van der Waals surface area (Å²) in [6, 6.07) is 1.25. The van der Waals surface area contributed by atoms with Crippen molar-refractivity contribution in [2.45, 2.75) is 0 Å². The van der Waals surface area contributed by atoms with Gasteiger partial charge in [0.15, 0.2) is 5.69 Å². The molecule has 4 N–H and O–H groups in total. The quantitative estimate of drug-likeness (QED) is 0.568. The molecule has 6 nitrogen and oxygen atoms in total. The summed E-state index contributed by atoms with van der Waals surface area (Å²) in [6.07, 6.45) is 0. The molecule has 0 radical (unpaired) electrons. The third-order valence-corrected chi connectivity index (χ3v) is 1.38. The highest BCUT2D eigenvalue weighted by atomic mass is 16.2. The smallest absolute Gasteiger partial charge is 0.269 e. The van der Waals surface area contributed by atoms with Crippen LogP contribution < -0.4 is 11.5 Å². The summed E-state index contributed by atoms with van der Waals surface area (Å²) in [5, 5.41) is 3.67. The second kappa shape index (κ2) is 2.65. The number of rotatable bonds is 2. The Kier molecular flexibility index (Phi) is 1.82. The molecular weight excluding hydrogens is 160 g/mol. The van der Waals surface area contributed by atoms with E-state index in [9.17, 15) is 9.59 Å². The summed E-state index contributed by atoms with van der Waals surface area (Å²) >= 11 is 0. The van der Waals surface area contributed by atoms with E-state index in [0.29, 0.717) is 0 Å². The van der Waals surface area contributed by atoms with Crippen LogP contribution in [0.4, 0.5) is 0 Å². The summed E-state index contributed by atoms with van der Waals surface area (Å²) in [6.45, 7) is 0. The van der Waals surface area contributed by atoms with Gasteiger partial charge in [-0.05, 0) is 0 Å². The molecule has 0 atom stereocenters. The molecule has 2 amide bonds. The highest BCUT2D eigenvalue weighted by Gasteiger charge is 2.12. The number of nitrogens with zero attached hydrogens (tertiary/aromatic N) is 2. The molecule has 0 aliphatic rings. The van der Waals surface area contributed by atoms with Crippen LogP contribution >= 0.6 is 0 Å². The number of hydrogen-bond acceptors (Lipinski definition) is 3. The van der Waals surface area contributed by atoms with Crippen molar-refractivity contribution in [2.75, 3.05) is 0 Å². The Morgan fingerprint density at radius 2 is 2.00 bits per heavy atom. The Morgan fingerprint density at radius 3 is 2.25 bits per heavy atom. The van der Waals surface area contributed by atoms with Crippen molar-refractivity contribution in [1.82, 2.24) is 9.78 Å². The van der Waals surface area contributed by atoms with Crippen LogP contribution in [0.2, 0.25) is 0 Å². The Hall–Kier alpha value is -1.85. The first-order chi connectivity index (χ1) is 5.52. The lowest BCUT2D eigenvalue weighted by atomic mass is 10.3. The molecule has 0 saturated carbocycles. The van der Waals surface area contributed by atoms with Crippen molar-refractivity contribution in [3.8, 4) is 0 Å². The van der Waals surface area contributed by atoms with E-state index in [2.05, 4.69) is 5.10 Å². The van der Waals surface area contributed by atoms with E-state index in [1.807, 2.05) is 0 Å². The molecule has 6 heteroatoms. The van der Waals surface area contributed by atoms with Gasteiger partial charge < -0.3 is 11.5 Å². The molecule has 1 aromatic rings.